The van der Waals surface area contributed by atoms with Gasteiger partial charge in [0.1, 0.15) is 24.1 Å². The highest BCUT2D eigenvalue weighted by Gasteiger charge is 2.65. The van der Waals surface area contributed by atoms with E-state index < -0.39 is 28.8 Å². The summed E-state index contributed by atoms with van der Waals surface area (Å²) in [6.45, 7) is 6.59. The average Bonchev–Trinajstić information content (AvgIpc) is 3.26. The Hall–Kier alpha value is -5.83. The molecule has 2 aliphatic carbocycles. The third-order valence-corrected chi connectivity index (χ3v) is 11.8. The van der Waals surface area contributed by atoms with E-state index in [9.17, 15) is 29.9 Å². The first-order chi connectivity index (χ1) is 29.6. The molecule has 61 heavy (non-hydrogen) atoms. The van der Waals surface area contributed by atoms with E-state index in [0.717, 1.165) is 42.4 Å². The topological polar surface area (TPSA) is 182 Å². The van der Waals surface area contributed by atoms with Gasteiger partial charge in [0.2, 0.25) is 11.7 Å². The average molecular weight is 837 g/mol. The molecule has 14 nitrogen and oxygen atoms in total. The third kappa shape index (κ3) is 10.4. The molecule has 3 aliphatic rings. The van der Waals surface area contributed by atoms with Crippen LogP contribution in [0.15, 0.2) is 108 Å². The number of hydrogen-bond donors (Lipinski definition) is 3. The first kappa shape index (κ1) is 44.7. The van der Waals surface area contributed by atoms with Crippen LogP contribution in [0.1, 0.15) is 74.5 Å². The molecule has 0 bridgehead atoms. The van der Waals surface area contributed by atoms with Crippen LogP contribution < -0.4 is 14.8 Å². The highest BCUT2D eigenvalue weighted by atomic mass is 16.7. The van der Waals surface area contributed by atoms with E-state index >= 15 is 0 Å². The molecule has 324 valence electrons. The standard InChI is InChI=1S/C47H56N4O10/c1-4-27-58-47-42(50(3)43(54)24-19-32-17-20-35(21-18-32)51(56)57)30-40(49-59-31-33-13-7-6-8-14-33)38-28-34(15-9-11-25-52)37(16-10-12-26-53)44(45(38)47)39-29-36(22-23-41(39)61-47)60-46(55)48-5-2/h4,6-8,13-14,17-24,28-29,34,37,42,44-45,52-53H,1,5,9-12,15-16,25-27,30-31H2,2-3H3,(H,48,55)/t34-,37+,42-,44+,45+,47+/m0/s1. The van der Waals surface area contributed by atoms with Crippen LogP contribution >= 0.6 is 0 Å². The minimum absolute atomic E-state index is 0.0115. The predicted molar refractivity (Wildman–Crippen MR) is 231 cm³/mol. The fraction of sp³-hybridized carbons (Fsp3) is 0.426. The number of benzene rings is 3. The molecular formula is C47H56N4O10. The van der Waals surface area contributed by atoms with E-state index in [1.807, 2.05) is 43.3 Å². The molecule has 1 saturated carbocycles. The Kier molecular flexibility index (Phi) is 15.5. The summed E-state index contributed by atoms with van der Waals surface area (Å²) in [7, 11) is 1.69. The lowest BCUT2D eigenvalue weighted by Gasteiger charge is -2.59. The second kappa shape index (κ2) is 21.1. The number of likely N-dealkylation sites (N-methyl/N-ethyl adjacent to an activating group) is 1. The number of allylic oxidation sites excluding steroid dienone is 1. The van der Waals surface area contributed by atoms with E-state index in [1.165, 1.54) is 18.2 Å². The number of fused-ring (bicyclic) bond motifs is 2. The van der Waals surface area contributed by atoms with Gasteiger partial charge >= 0.3 is 6.09 Å². The lowest BCUT2D eigenvalue weighted by atomic mass is 9.55. The van der Waals surface area contributed by atoms with Gasteiger partial charge in [-0.2, -0.15) is 0 Å². The Labute approximate surface area is 356 Å². The fourth-order valence-corrected chi connectivity index (χ4v) is 8.98. The van der Waals surface area contributed by atoms with E-state index in [4.69, 9.17) is 24.2 Å². The maximum atomic E-state index is 14.3. The van der Waals surface area contributed by atoms with Gasteiger partial charge in [-0.05, 0) is 97.6 Å². The molecular weight excluding hydrogens is 781 g/mol. The Bertz CT molecular complexity index is 2090. The highest BCUT2D eigenvalue weighted by Crippen LogP contribution is 2.61. The predicted octanol–water partition coefficient (Wildman–Crippen LogP) is 7.71. The number of carbonyl (C=O) groups excluding carboxylic acids is 2. The number of nitro benzene ring substituents is 1. The van der Waals surface area contributed by atoms with Crippen LogP contribution in [0.2, 0.25) is 0 Å². The molecule has 0 radical (unpaired) electrons. The van der Waals surface area contributed by atoms with Gasteiger partial charge in [0.15, 0.2) is 0 Å². The van der Waals surface area contributed by atoms with Crippen LogP contribution in [0.25, 0.3) is 6.08 Å². The lowest BCUT2D eigenvalue weighted by Crippen LogP contribution is -2.69. The monoisotopic (exact) mass is 836 g/mol. The first-order valence-electron chi connectivity index (χ1n) is 21.0. The number of carbonyl (C=O) groups is 2. The Morgan fingerprint density at radius 2 is 1.79 bits per heavy atom. The number of hydrogen-bond acceptors (Lipinski definition) is 11. The third-order valence-electron chi connectivity index (χ3n) is 11.8. The van der Waals surface area contributed by atoms with Gasteiger partial charge in [-0.25, -0.2) is 4.79 Å². The van der Waals surface area contributed by atoms with E-state index in [0.29, 0.717) is 42.2 Å². The molecule has 1 aliphatic heterocycles. The summed E-state index contributed by atoms with van der Waals surface area (Å²) in [4.78, 5) is 45.5. The number of nitro groups is 1. The molecule has 3 aromatic rings. The number of aliphatic hydroxyl groups excluding tert-OH is 2. The van der Waals surface area contributed by atoms with Crippen molar-refractivity contribution < 1.29 is 43.8 Å². The number of non-ortho nitro benzene ring substituents is 1. The summed E-state index contributed by atoms with van der Waals surface area (Å²) in [6.07, 6.45) is 10.8. The minimum atomic E-state index is -1.48. The summed E-state index contributed by atoms with van der Waals surface area (Å²) in [6, 6.07) is 20.2. The smallest absolute Gasteiger partial charge is 0.412 e. The minimum Gasteiger partial charge on any atom is -0.459 e. The number of nitrogens with one attached hydrogen (secondary N) is 1. The quantitative estimate of drug-likeness (QED) is 0.0335. The molecule has 6 rings (SSSR count). The van der Waals surface area contributed by atoms with Crippen LogP contribution in [-0.2, 0) is 21.0 Å². The number of oxime groups is 1. The van der Waals surface area contributed by atoms with Gasteiger partial charge in [-0.15, -0.1) is 6.58 Å². The van der Waals surface area contributed by atoms with Crippen molar-refractivity contribution in [3.05, 3.63) is 130 Å². The van der Waals surface area contributed by atoms with Crippen molar-refractivity contribution >= 4 is 29.5 Å². The van der Waals surface area contributed by atoms with Crippen molar-refractivity contribution in [2.45, 2.75) is 76.2 Å². The molecule has 0 saturated heterocycles. The summed E-state index contributed by atoms with van der Waals surface area (Å²) in [5, 5.41) is 38.5. The SMILES string of the molecule is C=CCO[C@@]12Oc3ccc(OC(=O)NCC)cc3[C@H]3[C@H](CCCCO)[C@@H](CCCCO)C=C(C(=NOCc4ccccc4)C[C@@H]1N(C)C(=O)C=Cc1ccc([N+](=O)[O-])cc1)[C@H]32. The van der Waals surface area contributed by atoms with Crippen molar-refractivity contribution in [3.8, 4) is 11.5 Å². The number of ether oxygens (including phenoxy) is 3. The van der Waals surface area contributed by atoms with Crippen LogP contribution in [0.5, 0.6) is 11.5 Å². The summed E-state index contributed by atoms with van der Waals surface area (Å²) < 4.78 is 19.8. The maximum Gasteiger partial charge on any atom is 0.412 e. The first-order valence-corrected chi connectivity index (χ1v) is 21.0. The Morgan fingerprint density at radius 3 is 2.48 bits per heavy atom. The van der Waals surface area contributed by atoms with Gasteiger partial charge in [0, 0.05) is 62.9 Å². The van der Waals surface area contributed by atoms with Crippen molar-refractivity contribution in [2.24, 2.45) is 22.9 Å². The van der Waals surface area contributed by atoms with Gasteiger partial charge in [0.25, 0.3) is 5.69 Å². The van der Waals surface area contributed by atoms with E-state index in [1.54, 1.807) is 48.4 Å². The van der Waals surface area contributed by atoms with Crippen molar-refractivity contribution in [2.75, 3.05) is 33.4 Å². The molecule has 0 unspecified atom stereocenters. The van der Waals surface area contributed by atoms with Crippen molar-refractivity contribution in [1.82, 2.24) is 10.2 Å². The molecule has 0 spiro atoms. The van der Waals surface area contributed by atoms with E-state index in [2.05, 4.69) is 18.0 Å². The van der Waals surface area contributed by atoms with E-state index in [-0.39, 0.29) is 62.2 Å². The largest absolute Gasteiger partial charge is 0.459 e. The number of amides is 2. The number of unbranched alkanes of at least 4 members (excludes halogenated alkanes) is 2. The zero-order valence-electron chi connectivity index (χ0n) is 34.8. The Balaban J connectivity index is 1.52. The zero-order chi connectivity index (χ0) is 43.4. The summed E-state index contributed by atoms with van der Waals surface area (Å²) in [5.41, 5.74) is 3.80. The molecule has 2 amide bonds. The number of nitrogens with zero attached hydrogens (tertiary/aromatic N) is 3. The molecule has 1 heterocycles. The van der Waals surface area contributed by atoms with Crippen LogP contribution in [0.4, 0.5) is 10.5 Å². The molecule has 3 N–H and O–H groups in total. The molecule has 14 heteroatoms. The normalized spacial score (nSPS) is 23.2. The zero-order valence-corrected chi connectivity index (χ0v) is 34.8. The fourth-order valence-electron chi connectivity index (χ4n) is 8.98. The van der Waals surface area contributed by atoms with Crippen molar-refractivity contribution in [3.63, 3.8) is 0 Å². The van der Waals surface area contributed by atoms with Gasteiger partial charge in [-0.3, -0.25) is 14.9 Å². The van der Waals surface area contributed by atoms with Crippen LogP contribution in [0.3, 0.4) is 0 Å². The molecule has 0 aromatic heterocycles. The summed E-state index contributed by atoms with van der Waals surface area (Å²) in [5.74, 6) is -1.87. The van der Waals surface area contributed by atoms with Crippen LogP contribution in [0, 0.1) is 27.9 Å². The molecule has 6 atom stereocenters. The van der Waals surface area contributed by atoms with Gasteiger partial charge in [0.05, 0.1) is 23.2 Å². The highest BCUT2D eigenvalue weighted by molar-refractivity contribution is 6.03. The Morgan fingerprint density at radius 1 is 1.05 bits per heavy atom. The number of aliphatic hydroxyl groups is 2. The van der Waals surface area contributed by atoms with Gasteiger partial charge in [-0.1, -0.05) is 60.5 Å². The molecule has 1 fully saturated rings. The number of rotatable bonds is 20. The van der Waals surface area contributed by atoms with Crippen LogP contribution in [-0.4, -0.2) is 83.0 Å². The second-order valence-electron chi connectivity index (χ2n) is 15.6. The maximum absolute atomic E-state index is 14.3. The summed E-state index contributed by atoms with van der Waals surface area (Å²) >= 11 is 0. The molecule has 3 aromatic carbocycles. The van der Waals surface area contributed by atoms with Gasteiger partial charge < -0.3 is 39.5 Å². The van der Waals surface area contributed by atoms with Crippen molar-refractivity contribution in [1.29, 1.82) is 0 Å². The lowest BCUT2D eigenvalue weighted by molar-refractivity contribution is -0.384. The second-order valence-corrected chi connectivity index (χ2v) is 15.6.